The fourth-order valence-corrected chi connectivity index (χ4v) is 7.90. The van der Waals surface area contributed by atoms with Gasteiger partial charge in [-0.2, -0.15) is 0 Å². The summed E-state index contributed by atoms with van der Waals surface area (Å²) in [4.78, 5) is 25.9. The third-order valence-electron chi connectivity index (χ3n) is 11.7. The number of aliphatic hydroxyl groups is 2. The number of hydrogen-bond donors (Lipinski definition) is 3. The van der Waals surface area contributed by atoms with E-state index < -0.39 is 18.2 Å². The van der Waals surface area contributed by atoms with Crippen LogP contribution in [0.5, 0.6) is 0 Å². The molecule has 0 rings (SSSR count). The lowest BCUT2D eigenvalue weighted by Gasteiger charge is -2.24. The number of carbonyl (C=O) groups excluding carboxylic acids is 2. The van der Waals surface area contributed by atoms with Gasteiger partial charge in [-0.1, -0.05) is 239 Å². The van der Waals surface area contributed by atoms with Gasteiger partial charge in [0.25, 0.3) is 0 Å². The van der Waals surface area contributed by atoms with Crippen molar-refractivity contribution in [3.63, 3.8) is 0 Å². The Morgan fingerprint density at radius 2 is 0.764 bits per heavy atom. The highest BCUT2D eigenvalue weighted by molar-refractivity contribution is 5.77. The van der Waals surface area contributed by atoms with Crippen LogP contribution in [0.25, 0.3) is 0 Å². The minimum atomic E-state index is -0.777. The Bertz CT molecular complexity index is 791. The van der Waals surface area contributed by atoms with Crippen molar-refractivity contribution in [2.75, 3.05) is 6.61 Å². The monoisotopic (exact) mass is 780 g/mol. The zero-order valence-corrected chi connectivity index (χ0v) is 37.3. The normalized spacial score (nSPS) is 13.2. The third kappa shape index (κ3) is 39.5. The summed E-state index contributed by atoms with van der Waals surface area (Å²) in [5, 5.41) is 23.7. The first-order valence-electron chi connectivity index (χ1n) is 24.8. The number of rotatable bonds is 45. The van der Waals surface area contributed by atoms with Gasteiger partial charge in [0.15, 0.2) is 0 Å². The second-order valence-electron chi connectivity index (χ2n) is 17.2. The van der Waals surface area contributed by atoms with Crippen LogP contribution in [0.3, 0.4) is 0 Å². The van der Waals surface area contributed by atoms with E-state index >= 15 is 0 Å². The Balaban J connectivity index is 4.33. The molecule has 0 aromatic rings. The maximum Gasteiger partial charge on any atom is 0.306 e. The molecule has 0 spiro atoms. The molecule has 3 unspecified atom stereocenters. The molecule has 3 atom stereocenters. The van der Waals surface area contributed by atoms with Crippen molar-refractivity contribution in [1.29, 1.82) is 0 Å². The molecule has 0 bridgehead atoms. The summed E-state index contributed by atoms with van der Waals surface area (Å²) >= 11 is 0. The van der Waals surface area contributed by atoms with Gasteiger partial charge in [-0.3, -0.25) is 9.59 Å². The van der Waals surface area contributed by atoms with Gasteiger partial charge < -0.3 is 20.3 Å². The van der Waals surface area contributed by atoms with Gasteiger partial charge in [-0.15, -0.1) is 0 Å². The number of hydrogen-bond acceptors (Lipinski definition) is 5. The second-order valence-corrected chi connectivity index (χ2v) is 17.2. The fraction of sp³-hybridized carbons (Fsp3) is 0.959. The lowest BCUT2D eigenvalue weighted by atomic mass is 10.0. The minimum Gasteiger partial charge on any atom is -0.462 e. The van der Waals surface area contributed by atoms with Crippen molar-refractivity contribution < 1.29 is 24.5 Å². The average molecular weight is 780 g/mol. The molecule has 1 amide bonds. The van der Waals surface area contributed by atoms with Crippen molar-refractivity contribution in [3.05, 3.63) is 0 Å². The first-order chi connectivity index (χ1) is 27.0. The van der Waals surface area contributed by atoms with Crippen molar-refractivity contribution in [2.45, 2.75) is 296 Å². The highest BCUT2D eigenvalue weighted by atomic mass is 16.5. The Hall–Kier alpha value is -1.14. The molecule has 55 heavy (non-hydrogen) atoms. The van der Waals surface area contributed by atoms with Gasteiger partial charge in [0.2, 0.25) is 5.91 Å². The van der Waals surface area contributed by atoms with E-state index in [-0.39, 0.29) is 24.9 Å². The van der Waals surface area contributed by atoms with Crippen molar-refractivity contribution in [2.24, 2.45) is 0 Å². The van der Waals surface area contributed by atoms with E-state index in [0.717, 1.165) is 38.5 Å². The summed E-state index contributed by atoms with van der Waals surface area (Å²) in [5.74, 6) is -0.459. The summed E-state index contributed by atoms with van der Waals surface area (Å²) in [7, 11) is 0. The fourth-order valence-electron chi connectivity index (χ4n) is 7.90. The zero-order chi connectivity index (χ0) is 40.3. The predicted octanol–water partition coefficient (Wildman–Crippen LogP) is 14.4. The van der Waals surface area contributed by atoms with Crippen LogP contribution in [0.15, 0.2) is 0 Å². The largest absolute Gasteiger partial charge is 0.462 e. The van der Waals surface area contributed by atoms with Crippen molar-refractivity contribution >= 4 is 11.9 Å². The van der Waals surface area contributed by atoms with Crippen molar-refractivity contribution in [1.82, 2.24) is 5.32 Å². The van der Waals surface area contributed by atoms with Gasteiger partial charge >= 0.3 is 5.97 Å². The zero-order valence-electron chi connectivity index (χ0n) is 37.3. The van der Waals surface area contributed by atoms with E-state index in [2.05, 4.69) is 26.1 Å². The minimum absolute atomic E-state index is 0.0858. The van der Waals surface area contributed by atoms with Crippen LogP contribution < -0.4 is 5.32 Å². The molecule has 0 aromatic carbocycles. The number of amides is 1. The van der Waals surface area contributed by atoms with E-state index in [1.165, 1.54) is 193 Å². The molecular weight excluding hydrogens is 683 g/mol. The van der Waals surface area contributed by atoms with Crippen LogP contribution in [-0.2, 0) is 14.3 Å². The number of ether oxygens (including phenoxy) is 1. The Labute approximate surface area is 343 Å². The average Bonchev–Trinajstić information content (AvgIpc) is 3.18. The maximum atomic E-state index is 13.1. The number of carbonyl (C=O) groups is 2. The van der Waals surface area contributed by atoms with Gasteiger partial charge in [-0.05, 0) is 25.7 Å². The van der Waals surface area contributed by atoms with Crippen LogP contribution in [0.4, 0.5) is 0 Å². The van der Waals surface area contributed by atoms with E-state index in [4.69, 9.17) is 4.74 Å². The molecule has 0 fully saturated rings. The van der Waals surface area contributed by atoms with Gasteiger partial charge in [0.05, 0.1) is 25.2 Å². The number of esters is 1. The molecule has 0 aliphatic heterocycles. The van der Waals surface area contributed by atoms with Crippen LogP contribution >= 0.6 is 0 Å². The van der Waals surface area contributed by atoms with E-state index in [9.17, 15) is 19.8 Å². The number of nitrogens with one attached hydrogen (secondary N) is 1. The smallest absolute Gasteiger partial charge is 0.306 e. The molecule has 0 aliphatic rings. The highest BCUT2D eigenvalue weighted by Crippen LogP contribution is 2.18. The third-order valence-corrected chi connectivity index (χ3v) is 11.7. The molecule has 3 N–H and O–H groups in total. The van der Waals surface area contributed by atoms with E-state index in [1.54, 1.807) is 0 Å². The standard InChI is InChI=1S/C49H97NO5/c1-4-7-10-13-16-18-20-22-24-26-28-30-33-36-39-42-49(54)55-45(40-37-34-31-15-12-9-6-3)43-48(53)50-46(44-51)47(52)41-38-35-32-29-27-25-23-21-19-17-14-11-8-5-2/h45-47,51-52H,4-44H2,1-3H3,(H,50,53). The van der Waals surface area contributed by atoms with E-state index in [1.807, 2.05) is 0 Å². The summed E-state index contributed by atoms with van der Waals surface area (Å²) in [5.41, 5.74) is 0. The number of unbranched alkanes of at least 4 members (excludes halogenated alkanes) is 33. The molecule has 0 heterocycles. The van der Waals surface area contributed by atoms with Crippen LogP contribution in [-0.4, -0.2) is 46.9 Å². The summed E-state index contributed by atoms with van der Waals surface area (Å²) in [6, 6.07) is -0.690. The van der Waals surface area contributed by atoms with Crippen LogP contribution in [0.2, 0.25) is 0 Å². The summed E-state index contributed by atoms with van der Waals surface area (Å²) < 4.78 is 5.89. The molecule has 0 radical (unpaired) electrons. The number of aliphatic hydroxyl groups excluding tert-OH is 2. The van der Waals surface area contributed by atoms with Crippen LogP contribution in [0, 0.1) is 0 Å². The highest BCUT2D eigenvalue weighted by Gasteiger charge is 2.24. The molecule has 328 valence electrons. The first-order valence-corrected chi connectivity index (χ1v) is 24.8. The second kappa shape index (κ2) is 44.0. The molecular formula is C49H97NO5. The quantitative estimate of drug-likeness (QED) is 0.0422. The SMILES string of the molecule is CCCCCCCCCCCCCCCCCC(=O)OC(CCCCCCCCC)CC(=O)NC(CO)C(O)CCCCCCCCCCCCCCCC. The molecule has 0 aromatic heterocycles. The maximum absolute atomic E-state index is 13.1. The predicted molar refractivity (Wildman–Crippen MR) is 237 cm³/mol. The molecule has 6 heteroatoms. The Kier molecular flexibility index (Phi) is 43.1. The topological polar surface area (TPSA) is 95.9 Å². The summed E-state index contributed by atoms with van der Waals surface area (Å²) in [6.45, 7) is 6.47. The van der Waals surface area contributed by atoms with Crippen LogP contribution in [0.1, 0.15) is 278 Å². The van der Waals surface area contributed by atoms with E-state index in [0.29, 0.717) is 19.3 Å². The molecule has 6 nitrogen and oxygen atoms in total. The van der Waals surface area contributed by atoms with Gasteiger partial charge in [-0.25, -0.2) is 0 Å². The Morgan fingerprint density at radius 1 is 0.455 bits per heavy atom. The van der Waals surface area contributed by atoms with Gasteiger partial charge in [0, 0.05) is 6.42 Å². The molecule has 0 saturated heterocycles. The summed E-state index contributed by atoms with van der Waals surface area (Å²) in [6.07, 6.45) is 46.0. The van der Waals surface area contributed by atoms with Crippen molar-refractivity contribution in [3.8, 4) is 0 Å². The van der Waals surface area contributed by atoms with Gasteiger partial charge in [0.1, 0.15) is 6.10 Å². The molecule has 0 saturated carbocycles. The lowest BCUT2D eigenvalue weighted by molar-refractivity contribution is -0.151. The first kappa shape index (κ1) is 53.9. The molecule has 0 aliphatic carbocycles. The Morgan fingerprint density at radius 3 is 1.11 bits per heavy atom. The lowest BCUT2D eigenvalue weighted by Crippen LogP contribution is -2.46.